The van der Waals surface area contributed by atoms with Crippen LogP contribution in [0.3, 0.4) is 0 Å². The Labute approximate surface area is 174 Å². The number of benzene rings is 1. The maximum absolute atomic E-state index is 13.2. The van der Waals surface area contributed by atoms with Gasteiger partial charge in [-0.2, -0.15) is 18.3 Å². The quantitative estimate of drug-likeness (QED) is 0.663. The van der Waals surface area contributed by atoms with Crippen LogP contribution < -0.4 is 16.0 Å². The number of hydrogen-bond acceptors (Lipinski definition) is 5. The van der Waals surface area contributed by atoms with Gasteiger partial charge >= 0.3 is 6.18 Å². The van der Waals surface area contributed by atoms with Gasteiger partial charge < -0.3 is 16.0 Å². The van der Waals surface area contributed by atoms with Gasteiger partial charge in [0.05, 0.1) is 23.5 Å². The van der Waals surface area contributed by atoms with Gasteiger partial charge in [-0.25, -0.2) is 4.98 Å². The van der Waals surface area contributed by atoms with Crippen LogP contribution >= 0.6 is 0 Å². The number of alkyl halides is 3. The topological polar surface area (TPSA) is 106 Å². The van der Waals surface area contributed by atoms with E-state index in [2.05, 4.69) is 15.4 Å². The number of anilines is 3. The fourth-order valence-corrected chi connectivity index (χ4v) is 3.39. The van der Waals surface area contributed by atoms with Crippen molar-refractivity contribution in [3.05, 3.63) is 65.6 Å². The van der Waals surface area contributed by atoms with Gasteiger partial charge in [-0.1, -0.05) is 0 Å². The summed E-state index contributed by atoms with van der Waals surface area (Å²) in [5, 5.41) is 6.84. The molecule has 0 bridgehead atoms. The zero-order valence-electron chi connectivity index (χ0n) is 16.2. The average molecular weight is 430 g/mol. The lowest BCUT2D eigenvalue weighted by atomic mass is 10.1. The third kappa shape index (κ3) is 3.81. The molecule has 0 fully saturated rings. The highest BCUT2D eigenvalue weighted by Crippen LogP contribution is 2.33. The standard InChI is InChI=1S/C20H17F3N6O2/c1-11-10-28(14-4-2-13(3-5-14)20(21,22)23)19(31)17-15(9-26-29(11)17)27-18(30)12-6-7-25-16(24)8-12/h2-9,11H,10H2,1H3,(H2,24,25)(H,27,30)/t11-/m0/s1. The van der Waals surface area contributed by atoms with Crippen molar-refractivity contribution >= 4 is 29.0 Å². The minimum absolute atomic E-state index is 0.133. The Morgan fingerprint density at radius 2 is 1.94 bits per heavy atom. The molecule has 0 saturated heterocycles. The molecule has 8 nitrogen and oxygen atoms in total. The number of halogens is 3. The van der Waals surface area contributed by atoms with Crippen LogP contribution in [0.1, 0.15) is 39.4 Å². The molecule has 3 aromatic rings. The molecule has 160 valence electrons. The second kappa shape index (κ2) is 7.42. The SMILES string of the molecule is C[C@H]1CN(c2ccc(C(F)(F)F)cc2)C(=O)c2c(NC(=O)c3ccnc(N)c3)cnn21. The number of fused-ring (bicyclic) bond motifs is 1. The number of hydrogen-bond donors (Lipinski definition) is 2. The Morgan fingerprint density at radius 1 is 1.23 bits per heavy atom. The van der Waals surface area contributed by atoms with E-state index in [4.69, 9.17) is 5.73 Å². The van der Waals surface area contributed by atoms with Gasteiger partial charge in [-0.3, -0.25) is 14.3 Å². The highest BCUT2D eigenvalue weighted by atomic mass is 19.4. The molecular weight excluding hydrogens is 413 g/mol. The van der Waals surface area contributed by atoms with Gasteiger partial charge in [0.15, 0.2) is 5.69 Å². The van der Waals surface area contributed by atoms with Gasteiger partial charge in [0.2, 0.25) is 0 Å². The number of nitrogen functional groups attached to an aromatic ring is 1. The van der Waals surface area contributed by atoms with Crippen LogP contribution in [0, 0.1) is 0 Å². The predicted molar refractivity (Wildman–Crippen MR) is 107 cm³/mol. The van der Waals surface area contributed by atoms with E-state index in [9.17, 15) is 22.8 Å². The molecule has 3 heterocycles. The van der Waals surface area contributed by atoms with Crippen LogP contribution in [0.25, 0.3) is 0 Å². The van der Waals surface area contributed by atoms with Crippen LogP contribution in [0.15, 0.2) is 48.8 Å². The molecule has 3 N–H and O–H groups in total. The summed E-state index contributed by atoms with van der Waals surface area (Å²) >= 11 is 0. The molecule has 0 aliphatic carbocycles. The van der Waals surface area contributed by atoms with Crippen LogP contribution in [0.2, 0.25) is 0 Å². The highest BCUT2D eigenvalue weighted by molar-refractivity contribution is 6.13. The first-order chi connectivity index (χ1) is 14.6. The smallest absolute Gasteiger partial charge is 0.384 e. The van der Waals surface area contributed by atoms with E-state index in [1.54, 1.807) is 0 Å². The summed E-state index contributed by atoms with van der Waals surface area (Å²) in [7, 11) is 0. The highest BCUT2D eigenvalue weighted by Gasteiger charge is 2.35. The summed E-state index contributed by atoms with van der Waals surface area (Å²) in [6, 6.07) is 6.95. The second-order valence-corrected chi connectivity index (χ2v) is 7.08. The maximum atomic E-state index is 13.2. The fraction of sp³-hybridized carbons (Fsp3) is 0.200. The number of pyridine rings is 1. The monoisotopic (exact) mass is 430 g/mol. The average Bonchev–Trinajstić information content (AvgIpc) is 3.14. The van der Waals surface area contributed by atoms with E-state index in [0.29, 0.717) is 5.69 Å². The summed E-state index contributed by atoms with van der Waals surface area (Å²) in [5.41, 5.74) is 5.69. The lowest BCUT2D eigenvalue weighted by molar-refractivity contribution is -0.137. The number of aromatic nitrogens is 3. The first-order valence-electron chi connectivity index (χ1n) is 9.24. The molecular formula is C20H17F3N6O2. The van der Waals surface area contributed by atoms with Gasteiger partial charge in [-0.05, 0) is 43.3 Å². The van der Waals surface area contributed by atoms with Crippen molar-refractivity contribution in [2.24, 2.45) is 0 Å². The Hall–Kier alpha value is -3.89. The summed E-state index contributed by atoms with van der Waals surface area (Å²) in [4.78, 5) is 30.9. The summed E-state index contributed by atoms with van der Waals surface area (Å²) in [6.07, 6.45) is -1.72. The first kappa shape index (κ1) is 20.4. The predicted octanol–water partition coefficient (Wildman–Crippen LogP) is 3.35. The van der Waals surface area contributed by atoms with Crippen molar-refractivity contribution in [3.8, 4) is 0 Å². The maximum Gasteiger partial charge on any atom is 0.416 e. The number of nitrogens with two attached hydrogens (primary N) is 1. The summed E-state index contributed by atoms with van der Waals surface area (Å²) in [5.74, 6) is -0.820. The third-order valence-electron chi connectivity index (χ3n) is 4.91. The van der Waals surface area contributed by atoms with Crippen LogP contribution in [0.4, 0.5) is 30.4 Å². The van der Waals surface area contributed by atoms with E-state index < -0.39 is 23.6 Å². The third-order valence-corrected chi connectivity index (χ3v) is 4.91. The summed E-state index contributed by atoms with van der Waals surface area (Å²) in [6.45, 7) is 2.03. The molecule has 0 spiro atoms. The van der Waals surface area contributed by atoms with Gasteiger partial charge in [-0.15, -0.1) is 0 Å². The van der Waals surface area contributed by atoms with Crippen molar-refractivity contribution < 1.29 is 22.8 Å². The molecule has 4 rings (SSSR count). The van der Waals surface area contributed by atoms with Crippen molar-refractivity contribution in [2.75, 3.05) is 22.5 Å². The Bertz CT molecular complexity index is 1160. The van der Waals surface area contributed by atoms with E-state index in [1.165, 1.54) is 46.2 Å². The molecule has 1 aliphatic rings. The zero-order chi connectivity index (χ0) is 22.3. The number of carbonyl (C=O) groups is 2. The van der Waals surface area contributed by atoms with E-state index in [0.717, 1.165) is 12.1 Å². The molecule has 2 amide bonds. The number of amides is 2. The van der Waals surface area contributed by atoms with Gasteiger partial charge in [0.1, 0.15) is 5.82 Å². The lowest BCUT2D eigenvalue weighted by Gasteiger charge is -2.32. The van der Waals surface area contributed by atoms with Crippen molar-refractivity contribution in [1.82, 2.24) is 14.8 Å². The molecule has 31 heavy (non-hydrogen) atoms. The molecule has 0 radical (unpaired) electrons. The first-order valence-corrected chi connectivity index (χ1v) is 9.24. The molecule has 1 aliphatic heterocycles. The Balaban J connectivity index is 1.63. The molecule has 0 unspecified atom stereocenters. The zero-order valence-corrected chi connectivity index (χ0v) is 16.2. The number of nitrogens with one attached hydrogen (secondary N) is 1. The van der Waals surface area contributed by atoms with Crippen molar-refractivity contribution in [3.63, 3.8) is 0 Å². The number of rotatable bonds is 3. The van der Waals surface area contributed by atoms with Gasteiger partial charge in [0, 0.05) is 24.0 Å². The van der Waals surface area contributed by atoms with E-state index in [-0.39, 0.29) is 35.3 Å². The second-order valence-electron chi connectivity index (χ2n) is 7.08. The van der Waals surface area contributed by atoms with E-state index in [1.807, 2.05) is 6.92 Å². The van der Waals surface area contributed by atoms with Gasteiger partial charge in [0.25, 0.3) is 11.8 Å². The number of carbonyl (C=O) groups excluding carboxylic acids is 2. The fourth-order valence-electron chi connectivity index (χ4n) is 3.39. The Morgan fingerprint density at radius 3 is 2.58 bits per heavy atom. The molecule has 1 atom stereocenters. The largest absolute Gasteiger partial charge is 0.416 e. The summed E-state index contributed by atoms with van der Waals surface area (Å²) < 4.78 is 40.0. The van der Waals surface area contributed by atoms with Crippen LogP contribution in [0.5, 0.6) is 0 Å². The Kier molecular flexibility index (Phi) is 4.88. The minimum Gasteiger partial charge on any atom is -0.384 e. The minimum atomic E-state index is -4.47. The molecule has 0 saturated carbocycles. The van der Waals surface area contributed by atoms with E-state index >= 15 is 0 Å². The number of nitrogens with zero attached hydrogens (tertiary/aromatic N) is 4. The molecule has 2 aromatic heterocycles. The molecule has 11 heteroatoms. The van der Waals surface area contributed by atoms with Crippen LogP contribution in [-0.4, -0.2) is 33.1 Å². The van der Waals surface area contributed by atoms with Crippen molar-refractivity contribution in [2.45, 2.75) is 19.1 Å². The normalized spacial score (nSPS) is 16.2. The molecule has 1 aromatic carbocycles. The van der Waals surface area contributed by atoms with Crippen molar-refractivity contribution in [1.29, 1.82) is 0 Å². The van der Waals surface area contributed by atoms with Crippen LogP contribution in [-0.2, 0) is 6.18 Å². The lowest BCUT2D eigenvalue weighted by Crippen LogP contribution is -2.43.